The van der Waals surface area contributed by atoms with Gasteiger partial charge in [0.15, 0.2) is 0 Å². The monoisotopic (exact) mass is 374 g/mol. The number of hydrogen-bond acceptors (Lipinski definition) is 4. The number of carbonyl (C=O) groups is 2. The first kappa shape index (κ1) is 19.0. The fraction of sp³-hybridized carbons (Fsp3) is 0.300. The van der Waals surface area contributed by atoms with E-state index in [4.69, 9.17) is 0 Å². The molecule has 1 aliphatic carbocycles. The zero-order chi connectivity index (χ0) is 19.4. The van der Waals surface area contributed by atoms with Crippen molar-refractivity contribution in [2.45, 2.75) is 25.4 Å². The van der Waals surface area contributed by atoms with Gasteiger partial charge in [-0.1, -0.05) is 6.07 Å². The number of nitrogens with one attached hydrogen (secondary N) is 1. The number of rotatable bonds is 7. The summed E-state index contributed by atoms with van der Waals surface area (Å²) in [4.78, 5) is 25.7. The fourth-order valence-corrected chi connectivity index (χ4v) is 2.81. The Kier molecular flexibility index (Phi) is 5.81. The van der Waals surface area contributed by atoms with Crippen LogP contribution in [0.2, 0.25) is 0 Å². The Labute approximate surface area is 155 Å². The van der Waals surface area contributed by atoms with Crippen LogP contribution in [0, 0.1) is 11.6 Å². The molecule has 142 valence electrons. The summed E-state index contributed by atoms with van der Waals surface area (Å²) >= 11 is 0. The Hall–Kier alpha value is -2.80. The molecule has 0 spiro atoms. The van der Waals surface area contributed by atoms with Crippen molar-refractivity contribution in [1.82, 2.24) is 4.90 Å². The first-order chi connectivity index (χ1) is 13.0. The van der Waals surface area contributed by atoms with Crippen molar-refractivity contribution in [2.75, 3.05) is 19.0 Å². The van der Waals surface area contributed by atoms with Gasteiger partial charge in [0.1, 0.15) is 11.6 Å². The van der Waals surface area contributed by atoms with Gasteiger partial charge in [-0.3, -0.25) is 9.69 Å². The van der Waals surface area contributed by atoms with Crippen LogP contribution >= 0.6 is 0 Å². The summed E-state index contributed by atoms with van der Waals surface area (Å²) in [5.74, 6) is -1.92. The van der Waals surface area contributed by atoms with Crippen molar-refractivity contribution >= 4 is 17.6 Å². The van der Waals surface area contributed by atoms with Crippen LogP contribution in [-0.4, -0.2) is 36.5 Å². The number of methoxy groups -OCH3 is 1. The molecule has 0 heterocycles. The second-order valence-corrected chi connectivity index (χ2v) is 6.49. The largest absolute Gasteiger partial charge is 0.465 e. The van der Waals surface area contributed by atoms with Gasteiger partial charge in [-0.25, -0.2) is 13.6 Å². The van der Waals surface area contributed by atoms with E-state index in [1.54, 1.807) is 24.3 Å². The molecule has 7 heteroatoms. The molecule has 0 bridgehead atoms. The van der Waals surface area contributed by atoms with E-state index in [0.29, 0.717) is 16.8 Å². The van der Waals surface area contributed by atoms with Gasteiger partial charge in [0.25, 0.3) is 0 Å². The third-order valence-corrected chi connectivity index (χ3v) is 4.39. The van der Waals surface area contributed by atoms with Gasteiger partial charge in [-0.2, -0.15) is 0 Å². The zero-order valence-corrected chi connectivity index (χ0v) is 14.9. The molecular formula is C20H20F2N2O3. The van der Waals surface area contributed by atoms with E-state index in [9.17, 15) is 18.4 Å². The average Bonchev–Trinajstić information content (AvgIpc) is 3.48. The Morgan fingerprint density at radius 3 is 2.44 bits per heavy atom. The predicted molar refractivity (Wildman–Crippen MR) is 96.2 cm³/mol. The second-order valence-electron chi connectivity index (χ2n) is 6.49. The third-order valence-electron chi connectivity index (χ3n) is 4.39. The van der Waals surface area contributed by atoms with Gasteiger partial charge in [0, 0.05) is 29.9 Å². The minimum absolute atomic E-state index is 0.0975. The number of hydrogen-bond donors (Lipinski definition) is 1. The lowest BCUT2D eigenvalue weighted by atomic mass is 10.2. The van der Waals surface area contributed by atoms with Crippen molar-refractivity contribution in [3.05, 3.63) is 65.2 Å². The smallest absolute Gasteiger partial charge is 0.337 e. The molecule has 0 aromatic heterocycles. The van der Waals surface area contributed by atoms with Crippen molar-refractivity contribution in [2.24, 2.45) is 0 Å². The molecule has 1 aliphatic rings. The number of amides is 1. The van der Waals surface area contributed by atoms with E-state index in [-0.39, 0.29) is 25.0 Å². The summed E-state index contributed by atoms with van der Waals surface area (Å²) in [7, 11) is 1.30. The number of esters is 1. The van der Waals surface area contributed by atoms with E-state index < -0.39 is 17.6 Å². The van der Waals surface area contributed by atoms with Gasteiger partial charge < -0.3 is 10.1 Å². The van der Waals surface area contributed by atoms with Crippen LogP contribution in [0.5, 0.6) is 0 Å². The summed E-state index contributed by atoms with van der Waals surface area (Å²) in [6.07, 6.45) is 1.90. The van der Waals surface area contributed by atoms with E-state index in [1.165, 1.54) is 19.2 Å². The predicted octanol–water partition coefficient (Wildman–Crippen LogP) is 3.35. The highest BCUT2D eigenvalue weighted by Crippen LogP contribution is 2.28. The number of ether oxygens (including phenoxy) is 1. The molecule has 0 aliphatic heterocycles. The number of carbonyl (C=O) groups excluding carboxylic acids is 2. The normalized spacial score (nSPS) is 13.5. The average molecular weight is 374 g/mol. The number of anilines is 1. The van der Waals surface area contributed by atoms with Crippen LogP contribution in [0.3, 0.4) is 0 Å². The minimum Gasteiger partial charge on any atom is -0.465 e. The lowest BCUT2D eigenvalue weighted by molar-refractivity contribution is -0.117. The molecule has 1 N–H and O–H groups in total. The number of benzene rings is 2. The molecule has 2 aromatic carbocycles. The highest BCUT2D eigenvalue weighted by atomic mass is 19.1. The Morgan fingerprint density at radius 2 is 1.85 bits per heavy atom. The minimum atomic E-state index is -0.623. The maximum Gasteiger partial charge on any atom is 0.337 e. The van der Waals surface area contributed by atoms with Crippen LogP contribution in [0.15, 0.2) is 42.5 Å². The van der Waals surface area contributed by atoms with Crippen molar-refractivity contribution in [3.8, 4) is 0 Å². The maximum absolute atomic E-state index is 13.9. The third kappa shape index (κ3) is 5.10. The van der Waals surface area contributed by atoms with Crippen LogP contribution in [0.25, 0.3) is 0 Å². The summed E-state index contributed by atoms with van der Waals surface area (Å²) in [5.41, 5.74) is 1.30. The summed E-state index contributed by atoms with van der Waals surface area (Å²) in [6, 6.07) is 10.1. The lowest BCUT2D eigenvalue weighted by Crippen LogP contribution is -2.34. The Balaban J connectivity index is 1.61. The van der Waals surface area contributed by atoms with Crippen LogP contribution in [-0.2, 0) is 16.1 Å². The van der Waals surface area contributed by atoms with Crippen LogP contribution < -0.4 is 5.32 Å². The van der Waals surface area contributed by atoms with Gasteiger partial charge >= 0.3 is 5.97 Å². The summed E-state index contributed by atoms with van der Waals surface area (Å²) in [5, 5.41) is 2.76. The van der Waals surface area contributed by atoms with Gasteiger partial charge in [0.2, 0.25) is 5.91 Å². The first-order valence-corrected chi connectivity index (χ1v) is 8.62. The summed E-state index contributed by atoms with van der Waals surface area (Å²) in [6.45, 7) is 0.339. The van der Waals surface area contributed by atoms with Crippen LogP contribution in [0.1, 0.15) is 28.8 Å². The molecule has 0 saturated heterocycles. The Bertz CT molecular complexity index is 836. The molecule has 1 fully saturated rings. The number of nitrogens with zero attached hydrogens (tertiary/aromatic N) is 1. The summed E-state index contributed by atoms with van der Waals surface area (Å²) < 4.78 is 31.6. The standard InChI is InChI=1S/C20H20F2N2O3/c1-27-20(26)13-3-6-16(7-4-13)23-19(25)12-24(17-8-9-17)11-14-2-5-15(21)10-18(14)22/h2-7,10,17H,8-9,11-12H2,1H3,(H,23,25). The molecule has 5 nitrogen and oxygen atoms in total. The molecule has 1 saturated carbocycles. The molecule has 27 heavy (non-hydrogen) atoms. The van der Waals surface area contributed by atoms with Crippen molar-refractivity contribution in [3.63, 3.8) is 0 Å². The van der Waals surface area contributed by atoms with Gasteiger partial charge in [-0.15, -0.1) is 0 Å². The zero-order valence-electron chi connectivity index (χ0n) is 14.9. The molecule has 1 amide bonds. The Morgan fingerprint density at radius 1 is 1.15 bits per heavy atom. The van der Waals surface area contributed by atoms with Crippen LogP contribution in [0.4, 0.5) is 14.5 Å². The van der Waals surface area contributed by atoms with E-state index in [1.807, 2.05) is 4.90 Å². The van der Waals surface area contributed by atoms with Gasteiger partial charge in [0.05, 0.1) is 19.2 Å². The molecule has 0 unspecified atom stereocenters. The van der Waals surface area contributed by atoms with E-state index in [0.717, 1.165) is 18.9 Å². The van der Waals surface area contributed by atoms with E-state index >= 15 is 0 Å². The first-order valence-electron chi connectivity index (χ1n) is 8.62. The molecule has 0 atom stereocenters. The molecule has 0 radical (unpaired) electrons. The van der Waals surface area contributed by atoms with E-state index in [2.05, 4.69) is 10.1 Å². The molecule has 2 aromatic rings. The molecular weight excluding hydrogens is 354 g/mol. The molecule has 3 rings (SSSR count). The topological polar surface area (TPSA) is 58.6 Å². The highest BCUT2D eigenvalue weighted by Gasteiger charge is 2.30. The SMILES string of the molecule is COC(=O)c1ccc(NC(=O)CN(Cc2ccc(F)cc2F)C2CC2)cc1. The van der Waals surface area contributed by atoms with Gasteiger partial charge in [-0.05, 0) is 43.2 Å². The lowest BCUT2D eigenvalue weighted by Gasteiger charge is -2.22. The maximum atomic E-state index is 13.9. The second kappa shape index (κ2) is 8.26. The van der Waals surface area contributed by atoms with Crippen molar-refractivity contribution in [1.29, 1.82) is 0 Å². The quantitative estimate of drug-likeness (QED) is 0.755. The fourth-order valence-electron chi connectivity index (χ4n) is 2.81. The van der Waals surface area contributed by atoms with Crippen molar-refractivity contribution < 1.29 is 23.1 Å². The number of halogens is 2. The highest BCUT2D eigenvalue weighted by molar-refractivity contribution is 5.94.